The molecule has 3 heteroatoms. The van der Waals surface area contributed by atoms with Crippen molar-refractivity contribution in [3.63, 3.8) is 0 Å². The molecule has 0 radical (unpaired) electrons. The van der Waals surface area contributed by atoms with Gasteiger partial charge in [0.05, 0.1) is 6.10 Å². The highest BCUT2D eigenvalue weighted by Gasteiger charge is 2.26. The van der Waals surface area contributed by atoms with Crippen molar-refractivity contribution in [1.82, 2.24) is 5.32 Å². The van der Waals surface area contributed by atoms with Gasteiger partial charge in [0.1, 0.15) is 5.75 Å². The Balaban J connectivity index is 2.14. The van der Waals surface area contributed by atoms with Crippen molar-refractivity contribution < 1.29 is 4.74 Å². The van der Waals surface area contributed by atoms with Crippen molar-refractivity contribution in [2.24, 2.45) is 5.92 Å². The number of thioether (sulfide) groups is 1. The van der Waals surface area contributed by atoms with Crippen LogP contribution in [0.5, 0.6) is 5.75 Å². The van der Waals surface area contributed by atoms with Crippen LogP contribution in [0.15, 0.2) is 24.3 Å². The van der Waals surface area contributed by atoms with Crippen LogP contribution in [0, 0.1) is 5.92 Å². The van der Waals surface area contributed by atoms with Gasteiger partial charge in [0.15, 0.2) is 0 Å². The Morgan fingerprint density at radius 2 is 2.25 bits per heavy atom. The van der Waals surface area contributed by atoms with Crippen molar-refractivity contribution in [3.8, 4) is 5.75 Å². The molecule has 0 spiro atoms. The standard InChI is InChI=1S/C17H27NOS/c1-4-9-18-17(15-8-10-20-12-15)14-6-5-7-16(11-14)19-13(2)3/h5-7,11,13,15,17-18H,4,8-10,12H2,1-3H3. The summed E-state index contributed by atoms with van der Waals surface area (Å²) in [4.78, 5) is 0. The molecule has 2 unspecified atom stereocenters. The molecule has 2 nitrogen and oxygen atoms in total. The molecule has 1 fully saturated rings. The lowest BCUT2D eigenvalue weighted by atomic mass is 9.92. The van der Waals surface area contributed by atoms with Gasteiger partial charge < -0.3 is 10.1 Å². The Morgan fingerprint density at radius 1 is 1.40 bits per heavy atom. The molecule has 1 N–H and O–H groups in total. The van der Waals surface area contributed by atoms with E-state index in [0.29, 0.717) is 6.04 Å². The van der Waals surface area contributed by atoms with E-state index in [1.807, 2.05) is 0 Å². The number of benzene rings is 1. The van der Waals surface area contributed by atoms with Crippen LogP contribution in [0.2, 0.25) is 0 Å². The zero-order chi connectivity index (χ0) is 14.4. The number of rotatable bonds is 7. The van der Waals surface area contributed by atoms with Crippen LogP contribution >= 0.6 is 11.8 Å². The van der Waals surface area contributed by atoms with Crippen molar-refractivity contribution in [3.05, 3.63) is 29.8 Å². The van der Waals surface area contributed by atoms with E-state index < -0.39 is 0 Å². The van der Waals surface area contributed by atoms with Crippen molar-refractivity contribution in [1.29, 1.82) is 0 Å². The minimum atomic E-state index is 0.231. The Morgan fingerprint density at radius 3 is 2.90 bits per heavy atom. The van der Waals surface area contributed by atoms with Gasteiger partial charge in [0, 0.05) is 6.04 Å². The zero-order valence-corrected chi connectivity index (χ0v) is 13.7. The largest absolute Gasteiger partial charge is 0.491 e. The molecule has 0 aliphatic carbocycles. The molecule has 20 heavy (non-hydrogen) atoms. The first-order valence-corrected chi connectivity index (χ1v) is 8.94. The molecule has 1 aromatic carbocycles. The van der Waals surface area contributed by atoms with Crippen LogP contribution in [0.1, 0.15) is 45.2 Å². The highest BCUT2D eigenvalue weighted by atomic mass is 32.2. The maximum Gasteiger partial charge on any atom is 0.120 e. The van der Waals surface area contributed by atoms with Crippen LogP contribution in [-0.2, 0) is 0 Å². The molecule has 1 aromatic rings. The first-order valence-electron chi connectivity index (χ1n) is 7.78. The summed E-state index contributed by atoms with van der Waals surface area (Å²) in [5, 5.41) is 3.74. The van der Waals surface area contributed by atoms with Gasteiger partial charge in [-0.1, -0.05) is 19.1 Å². The Kier molecular flexibility index (Phi) is 6.24. The summed E-state index contributed by atoms with van der Waals surface area (Å²) in [6.45, 7) is 7.47. The second-order valence-electron chi connectivity index (χ2n) is 5.79. The summed E-state index contributed by atoms with van der Waals surface area (Å²) >= 11 is 2.08. The fourth-order valence-corrected chi connectivity index (χ4v) is 4.02. The van der Waals surface area contributed by atoms with Gasteiger partial charge in [-0.25, -0.2) is 0 Å². The van der Waals surface area contributed by atoms with E-state index in [0.717, 1.165) is 18.2 Å². The van der Waals surface area contributed by atoms with Gasteiger partial charge in [0.25, 0.3) is 0 Å². The summed E-state index contributed by atoms with van der Waals surface area (Å²) in [6, 6.07) is 9.11. The topological polar surface area (TPSA) is 21.3 Å². The number of hydrogen-bond donors (Lipinski definition) is 1. The normalized spacial score (nSPS) is 20.3. The smallest absolute Gasteiger partial charge is 0.120 e. The second kappa shape index (κ2) is 7.94. The predicted molar refractivity (Wildman–Crippen MR) is 88.7 cm³/mol. The third kappa shape index (κ3) is 4.42. The third-order valence-corrected chi connectivity index (χ3v) is 4.83. The lowest BCUT2D eigenvalue weighted by Gasteiger charge is -2.25. The maximum absolute atomic E-state index is 5.84. The minimum absolute atomic E-state index is 0.231. The van der Waals surface area contributed by atoms with E-state index in [-0.39, 0.29) is 6.10 Å². The van der Waals surface area contributed by atoms with Crippen LogP contribution in [-0.4, -0.2) is 24.2 Å². The van der Waals surface area contributed by atoms with Gasteiger partial charge in [-0.15, -0.1) is 0 Å². The zero-order valence-electron chi connectivity index (χ0n) is 12.9. The molecule has 1 aliphatic heterocycles. The molecule has 1 aliphatic rings. The molecular formula is C17H27NOS. The molecular weight excluding hydrogens is 266 g/mol. The average Bonchev–Trinajstić information content (AvgIpc) is 2.93. The molecule has 0 aromatic heterocycles. The van der Waals surface area contributed by atoms with Crippen molar-refractivity contribution >= 4 is 11.8 Å². The van der Waals surface area contributed by atoms with E-state index in [1.165, 1.54) is 29.9 Å². The highest BCUT2D eigenvalue weighted by Crippen LogP contribution is 2.35. The maximum atomic E-state index is 5.84. The van der Waals surface area contributed by atoms with E-state index in [2.05, 4.69) is 62.1 Å². The van der Waals surface area contributed by atoms with Crippen molar-refractivity contribution in [2.75, 3.05) is 18.1 Å². The lowest BCUT2D eigenvalue weighted by molar-refractivity contribution is 0.241. The Hall–Kier alpha value is -0.670. The summed E-state index contributed by atoms with van der Waals surface area (Å²) in [7, 11) is 0. The van der Waals surface area contributed by atoms with E-state index in [4.69, 9.17) is 4.74 Å². The molecule has 1 saturated heterocycles. The van der Waals surface area contributed by atoms with E-state index >= 15 is 0 Å². The first kappa shape index (κ1) is 15.7. The minimum Gasteiger partial charge on any atom is -0.491 e. The van der Waals surface area contributed by atoms with E-state index in [1.54, 1.807) is 0 Å². The Labute approximate surface area is 127 Å². The molecule has 1 heterocycles. The summed E-state index contributed by atoms with van der Waals surface area (Å²) < 4.78 is 5.84. The molecule has 2 rings (SSSR count). The summed E-state index contributed by atoms with van der Waals surface area (Å²) in [6.07, 6.45) is 2.73. The van der Waals surface area contributed by atoms with Crippen molar-refractivity contribution in [2.45, 2.75) is 45.8 Å². The monoisotopic (exact) mass is 293 g/mol. The molecule has 0 amide bonds. The SMILES string of the molecule is CCCNC(c1cccc(OC(C)C)c1)C1CCSC1. The summed E-state index contributed by atoms with van der Waals surface area (Å²) in [5.41, 5.74) is 1.38. The molecule has 0 bridgehead atoms. The first-order chi connectivity index (χ1) is 9.70. The predicted octanol–water partition coefficient (Wildman–Crippen LogP) is 4.27. The fourth-order valence-electron chi connectivity index (χ4n) is 2.73. The Bertz CT molecular complexity index is 402. The third-order valence-electron chi connectivity index (χ3n) is 3.64. The van der Waals surface area contributed by atoms with Crippen LogP contribution in [0.4, 0.5) is 0 Å². The summed E-state index contributed by atoms with van der Waals surface area (Å²) in [5.74, 6) is 4.32. The van der Waals surface area contributed by atoms with Gasteiger partial charge in [0.2, 0.25) is 0 Å². The number of nitrogens with one attached hydrogen (secondary N) is 1. The quantitative estimate of drug-likeness (QED) is 0.811. The fraction of sp³-hybridized carbons (Fsp3) is 0.647. The molecule has 112 valence electrons. The van der Waals surface area contributed by atoms with Crippen LogP contribution < -0.4 is 10.1 Å². The second-order valence-corrected chi connectivity index (χ2v) is 6.94. The highest BCUT2D eigenvalue weighted by molar-refractivity contribution is 7.99. The van der Waals surface area contributed by atoms with Crippen LogP contribution in [0.25, 0.3) is 0 Å². The average molecular weight is 293 g/mol. The lowest BCUT2D eigenvalue weighted by Crippen LogP contribution is -2.29. The van der Waals surface area contributed by atoms with Gasteiger partial charge in [-0.3, -0.25) is 0 Å². The van der Waals surface area contributed by atoms with Gasteiger partial charge in [-0.05, 0) is 68.4 Å². The number of ether oxygens (including phenoxy) is 1. The van der Waals surface area contributed by atoms with E-state index in [9.17, 15) is 0 Å². The van der Waals surface area contributed by atoms with Gasteiger partial charge >= 0.3 is 0 Å². The van der Waals surface area contributed by atoms with Crippen LogP contribution in [0.3, 0.4) is 0 Å². The number of hydrogen-bond acceptors (Lipinski definition) is 3. The molecule has 2 atom stereocenters. The van der Waals surface area contributed by atoms with Gasteiger partial charge in [-0.2, -0.15) is 11.8 Å². The molecule has 0 saturated carbocycles.